The van der Waals surface area contributed by atoms with Crippen molar-refractivity contribution in [3.8, 4) is 17.2 Å². The van der Waals surface area contributed by atoms with E-state index in [9.17, 15) is 24.0 Å². The minimum Gasteiger partial charge on any atom is -0.422 e. The Morgan fingerprint density at radius 1 is 0.604 bits per heavy atom. The number of esters is 5. The fraction of sp³-hybridized carbons (Fsp3) is 0.0571. The van der Waals surface area contributed by atoms with Crippen molar-refractivity contribution in [1.82, 2.24) is 0 Å². The topological polar surface area (TPSA) is 132 Å². The molecule has 0 radical (unpaired) electrons. The lowest BCUT2D eigenvalue weighted by Gasteiger charge is -2.16. The Balaban J connectivity index is 1.45. The molecule has 0 aromatic heterocycles. The summed E-state index contributed by atoms with van der Waals surface area (Å²) in [5, 5.41) is 0. The predicted molar refractivity (Wildman–Crippen MR) is 180 cm³/mol. The van der Waals surface area contributed by atoms with Crippen LogP contribution in [0.5, 0.6) is 17.2 Å². The molecule has 0 atom stereocenters. The molecule has 0 fully saturated rings. The van der Waals surface area contributed by atoms with Gasteiger partial charge in [0.25, 0.3) is 0 Å². The molecule has 0 unspecified atom stereocenters. The fourth-order valence-corrected chi connectivity index (χ4v) is 5.52. The summed E-state index contributed by atoms with van der Waals surface area (Å²) in [5.74, 6) is -5.32. The van der Waals surface area contributed by atoms with Gasteiger partial charge in [-0.15, -0.1) is 0 Å². The molecule has 0 aliphatic carbocycles. The maximum absolute atomic E-state index is 13.4. The molecule has 0 amide bonds. The highest BCUT2D eigenvalue weighted by Gasteiger charge is 2.42. The largest absolute Gasteiger partial charge is 0.422 e. The minimum atomic E-state index is -0.954. The maximum atomic E-state index is 13.4. The monoisotopic (exact) mass is 836 g/mol. The second-order valence-corrected chi connectivity index (χ2v) is 13.1. The van der Waals surface area contributed by atoms with Gasteiger partial charge in [0, 0.05) is 24.5 Å². The average Bonchev–Trinajstić information content (AvgIpc) is 3.53. The number of hydrogen-bond acceptors (Lipinski definition) is 10. The van der Waals surface area contributed by atoms with E-state index in [-0.39, 0.29) is 67.7 Å². The minimum absolute atomic E-state index is 0.0363. The van der Waals surface area contributed by atoms with E-state index >= 15 is 0 Å². The van der Waals surface area contributed by atoms with E-state index in [1.807, 2.05) is 0 Å². The van der Waals surface area contributed by atoms with E-state index in [4.69, 9.17) is 23.7 Å². The number of rotatable bonds is 6. The summed E-state index contributed by atoms with van der Waals surface area (Å²) in [6, 6.07) is 20.3. The summed E-state index contributed by atoms with van der Waals surface area (Å²) in [7, 11) is 0. The van der Waals surface area contributed by atoms with Gasteiger partial charge in [-0.2, -0.15) is 0 Å². The number of hydrogen-bond donors (Lipinski definition) is 0. The van der Waals surface area contributed by atoms with Gasteiger partial charge in [-0.1, -0.05) is 47.8 Å². The first-order valence-electron chi connectivity index (χ1n) is 13.9. The number of cyclic esters (lactones) is 1. The van der Waals surface area contributed by atoms with Crippen molar-refractivity contribution in [2.75, 3.05) is 0 Å². The molecule has 48 heavy (non-hydrogen) atoms. The summed E-state index contributed by atoms with van der Waals surface area (Å²) in [4.78, 5) is 65.7. The molecule has 4 aromatic carbocycles. The molecule has 10 nitrogen and oxygen atoms in total. The van der Waals surface area contributed by atoms with Gasteiger partial charge >= 0.3 is 29.8 Å². The third-order valence-electron chi connectivity index (χ3n) is 7.20. The quantitative estimate of drug-likeness (QED) is 0.107. The number of benzene rings is 4. The van der Waals surface area contributed by atoms with Crippen LogP contribution >= 0.6 is 47.8 Å². The van der Waals surface area contributed by atoms with Crippen LogP contribution in [0.25, 0.3) is 5.57 Å². The zero-order valence-corrected chi connectivity index (χ0v) is 29.5. The molecule has 0 saturated heterocycles. The van der Waals surface area contributed by atoms with Gasteiger partial charge in [-0.3, -0.25) is 0 Å². The van der Waals surface area contributed by atoms with Gasteiger partial charge in [0.05, 0.1) is 22.3 Å². The lowest BCUT2D eigenvalue weighted by molar-refractivity contribution is -0.133. The Hall–Kier alpha value is -4.85. The van der Waals surface area contributed by atoms with Crippen LogP contribution < -0.4 is 14.2 Å². The van der Waals surface area contributed by atoms with E-state index in [1.165, 1.54) is 56.3 Å². The van der Waals surface area contributed by atoms with Gasteiger partial charge in [0.1, 0.15) is 11.3 Å². The van der Waals surface area contributed by atoms with Crippen molar-refractivity contribution in [1.29, 1.82) is 0 Å². The molecular formula is C35H19Br3O10. The van der Waals surface area contributed by atoms with E-state index in [1.54, 1.807) is 36.4 Å². The van der Waals surface area contributed by atoms with Gasteiger partial charge in [-0.25, -0.2) is 24.0 Å². The van der Waals surface area contributed by atoms with Crippen LogP contribution in [0.3, 0.4) is 0 Å². The highest BCUT2D eigenvalue weighted by atomic mass is 79.9. The molecule has 0 N–H and O–H groups in total. The van der Waals surface area contributed by atoms with Crippen LogP contribution in [-0.2, 0) is 19.1 Å². The maximum Gasteiger partial charge on any atom is 0.348 e. The Morgan fingerprint density at radius 2 is 1.06 bits per heavy atom. The predicted octanol–water partition coefficient (Wildman–Crippen LogP) is 8.04. The number of carbonyl (C=O) groups excluding carboxylic acids is 5. The summed E-state index contributed by atoms with van der Waals surface area (Å²) >= 11 is 9.95. The molecule has 0 saturated carbocycles. The van der Waals surface area contributed by atoms with Crippen LogP contribution in [0.15, 0.2) is 109 Å². The zero-order valence-electron chi connectivity index (χ0n) is 24.7. The molecule has 13 heteroatoms. The Bertz CT molecular complexity index is 2110. The molecule has 240 valence electrons. The molecule has 6 rings (SSSR count). The van der Waals surface area contributed by atoms with E-state index in [0.717, 1.165) is 13.4 Å². The van der Waals surface area contributed by atoms with Crippen molar-refractivity contribution in [2.24, 2.45) is 0 Å². The summed E-state index contributed by atoms with van der Waals surface area (Å²) in [6.07, 6.45) is 0. The van der Waals surface area contributed by atoms with Gasteiger partial charge < -0.3 is 23.7 Å². The summed E-state index contributed by atoms with van der Waals surface area (Å²) < 4.78 is 30.3. The Labute approximate surface area is 297 Å². The highest BCUT2D eigenvalue weighted by Crippen LogP contribution is 2.49. The number of carbonyl (C=O) groups is 5. The van der Waals surface area contributed by atoms with Crippen molar-refractivity contribution < 1.29 is 47.7 Å². The average molecular weight is 839 g/mol. The van der Waals surface area contributed by atoms with Gasteiger partial charge in [-0.05, 0) is 92.7 Å². The molecule has 0 spiro atoms. The molecule has 4 aromatic rings. The summed E-state index contributed by atoms with van der Waals surface area (Å²) in [5.41, 5.74) is 0.364. The third-order valence-corrected chi connectivity index (χ3v) is 8.79. The van der Waals surface area contributed by atoms with Crippen LogP contribution in [0, 0.1) is 6.92 Å². The fourth-order valence-electron chi connectivity index (χ4n) is 4.73. The third kappa shape index (κ3) is 6.48. The number of fused-ring (bicyclic) bond motifs is 1. The van der Waals surface area contributed by atoms with Crippen LogP contribution in [-0.4, -0.2) is 29.8 Å². The Kier molecular flexibility index (Phi) is 9.19. The summed E-state index contributed by atoms with van der Waals surface area (Å²) in [6.45, 7) is 2.87. The standard InChI is InChI=1S/C35H19Br3O10/c1-16-27-24(26(35(43)45-27)30-29(17(2)31(39)48-30)47-34(42)20-7-13-23(38)14-8-20)15-25(44-32(40)18-3-9-21(36)10-4-18)28(16)46-33(41)19-5-11-22(37)12-6-19/h3-15H,1-2H3/b30-26+. The molecular weight excluding hydrogens is 820 g/mol. The first kappa shape index (κ1) is 33.1. The molecule has 0 bridgehead atoms. The van der Waals surface area contributed by atoms with Gasteiger partial charge in [0.15, 0.2) is 23.0 Å². The molecule has 2 heterocycles. The van der Waals surface area contributed by atoms with E-state index < -0.39 is 29.8 Å². The SMILES string of the molecule is CC1=C(OC(=O)c2ccc(Br)cc2)/C(=C2\C(=O)Oc3c2cc(OC(=O)c2ccc(Br)cc2)c(OC(=O)c2ccc(Br)cc2)c3C)OC1=O. The van der Waals surface area contributed by atoms with Crippen molar-refractivity contribution in [3.05, 3.63) is 137 Å². The van der Waals surface area contributed by atoms with Crippen molar-refractivity contribution in [3.63, 3.8) is 0 Å². The number of ether oxygens (including phenoxy) is 5. The molecule has 2 aliphatic rings. The normalized spacial score (nSPS) is 15.1. The van der Waals surface area contributed by atoms with Gasteiger partial charge in [0.2, 0.25) is 0 Å². The highest BCUT2D eigenvalue weighted by molar-refractivity contribution is 9.11. The van der Waals surface area contributed by atoms with Crippen LogP contribution in [0.2, 0.25) is 0 Å². The Morgan fingerprint density at radius 3 is 1.56 bits per heavy atom. The van der Waals surface area contributed by atoms with E-state index in [0.29, 0.717) is 0 Å². The first-order valence-corrected chi connectivity index (χ1v) is 16.3. The second kappa shape index (κ2) is 13.3. The smallest absolute Gasteiger partial charge is 0.348 e. The number of halogens is 3. The zero-order chi connectivity index (χ0) is 34.3. The van der Waals surface area contributed by atoms with Crippen molar-refractivity contribution in [2.45, 2.75) is 13.8 Å². The van der Waals surface area contributed by atoms with Crippen LogP contribution in [0.4, 0.5) is 0 Å². The first-order chi connectivity index (χ1) is 22.9. The lowest BCUT2D eigenvalue weighted by Crippen LogP contribution is -2.14. The van der Waals surface area contributed by atoms with Crippen LogP contribution in [0.1, 0.15) is 49.1 Å². The molecule has 2 aliphatic heterocycles. The lowest BCUT2D eigenvalue weighted by atomic mass is 10.0. The van der Waals surface area contributed by atoms with E-state index in [2.05, 4.69) is 47.8 Å². The van der Waals surface area contributed by atoms with Crippen molar-refractivity contribution >= 4 is 83.2 Å². The second-order valence-electron chi connectivity index (χ2n) is 10.3.